The van der Waals surface area contributed by atoms with E-state index in [0.717, 1.165) is 5.76 Å². The minimum absolute atomic E-state index is 0.308. The molecule has 1 aromatic heterocycles. The number of allylic oxidation sites excluding steroid dienone is 1. The van der Waals surface area contributed by atoms with Gasteiger partial charge in [-0.15, -0.1) is 0 Å². The van der Waals surface area contributed by atoms with E-state index in [1.165, 1.54) is 12.8 Å². The fraction of sp³-hybridized carbons (Fsp3) is 0.455. The molecule has 2 atom stereocenters. The van der Waals surface area contributed by atoms with Gasteiger partial charge in [-0.2, -0.15) is 0 Å². The molecule has 0 saturated carbocycles. The lowest BCUT2D eigenvalue weighted by molar-refractivity contribution is 0.409. The van der Waals surface area contributed by atoms with E-state index < -0.39 is 0 Å². The zero-order chi connectivity index (χ0) is 9.10. The zero-order valence-corrected chi connectivity index (χ0v) is 7.86. The summed E-state index contributed by atoms with van der Waals surface area (Å²) in [6.45, 7) is 2.13. The molecule has 0 radical (unpaired) electrons. The lowest BCUT2D eigenvalue weighted by atomic mass is 10.2. The Hall–Kier alpha value is -1.02. The van der Waals surface area contributed by atoms with Gasteiger partial charge in [0.1, 0.15) is 5.76 Å². The number of hydrogen-bond acceptors (Lipinski definition) is 2. The molecule has 1 heterocycles. The molecule has 0 saturated heterocycles. The monoisotopic (exact) mass is 177 g/mol. The Balaban J connectivity index is 1.91. The molecule has 1 aliphatic rings. The molecule has 0 aromatic carbocycles. The van der Waals surface area contributed by atoms with Gasteiger partial charge in [0.25, 0.3) is 0 Å². The van der Waals surface area contributed by atoms with Crippen LogP contribution < -0.4 is 5.32 Å². The average Bonchev–Trinajstić information content (AvgIpc) is 2.74. The van der Waals surface area contributed by atoms with Gasteiger partial charge in [0.05, 0.1) is 12.3 Å². The maximum atomic E-state index is 5.32. The van der Waals surface area contributed by atoms with Gasteiger partial charge in [0.15, 0.2) is 0 Å². The smallest absolute Gasteiger partial charge is 0.120 e. The van der Waals surface area contributed by atoms with Crippen molar-refractivity contribution in [3.63, 3.8) is 0 Å². The Morgan fingerprint density at radius 3 is 3.15 bits per heavy atom. The van der Waals surface area contributed by atoms with Gasteiger partial charge in [0.2, 0.25) is 0 Å². The molecule has 1 N–H and O–H groups in total. The van der Waals surface area contributed by atoms with Gasteiger partial charge >= 0.3 is 0 Å². The first kappa shape index (κ1) is 8.57. The summed E-state index contributed by atoms with van der Waals surface area (Å²) in [7, 11) is 0. The number of furan rings is 1. The third kappa shape index (κ3) is 2.01. The molecule has 2 rings (SSSR count). The van der Waals surface area contributed by atoms with Crippen LogP contribution in [-0.2, 0) is 0 Å². The molecule has 13 heavy (non-hydrogen) atoms. The molecule has 0 fully saturated rings. The van der Waals surface area contributed by atoms with Crippen molar-refractivity contribution in [2.24, 2.45) is 0 Å². The minimum Gasteiger partial charge on any atom is -0.468 e. The van der Waals surface area contributed by atoms with E-state index in [4.69, 9.17) is 4.42 Å². The maximum Gasteiger partial charge on any atom is 0.120 e. The van der Waals surface area contributed by atoms with Crippen LogP contribution >= 0.6 is 0 Å². The van der Waals surface area contributed by atoms with Crippen LogP contribution in [-0.4, -0.2) is 6.04 Å². The Morgan fingerprint density at radius 2 is 2.54 bits per heavy atom. The van der Waals surface area contributed by atoms with E-state index in [1.54, 1.807) is 6.26 Å². The molecule has 70 valence electrons. The number of nitrogens with one attached hydrogen (secondary N) is 1. The Bertz CT molecular complexity index is 276. The van der Waals surface area contributed by atoms with Crippen LogP contribution in [0.1, 0.15) is 31.6 Å². The number of rotatable bonds is 3. The third-order valence-corrected chi connectivity index (χ3v) is 2.45. The van der Waals surface area contributed by atoms with Crippen molar-refractivity contribution in [1.29, 1.82) is 0 Å². The summed E-state index contributed by atoms with van der Waals surface area (Å²) in [4.78, 5) is 0. The van der Waals surface area contributed by atoms with E-state index in [2.05, 4.69) is 24.4 Å². The molecule has 2 nitrogen and oxygen atoms in total. The molecule has 0 bridgehead atoms. The van der Waals surface area contributed by atoms with Crippen molar-refractivity contribution in [3.8, 4) is 0 Å². The van der Waals surface area contributed by atoms with E-state index >= 15 is 0 Å². The molecular weight excluding hydrogens is 162 g/mol. The van der Waals surface area contributed by atoms with E-state index in [9.17, 15) is 0 Å². The summed E-state index contributed by atoms with van der Waals surface area (Å²) in [5, 5.41) is 3.50. The van der Waals surface area contributed by atoms with Crippen molar-refractivity contribution < 1.29 is 4.42 Å². The standard InChI is InChI=1S/C11H15NO/c1-9(11-7-4-8-13-11)12-10-5-2-3-6-10/h2,4-5,7-10,12H,3,6H2,1H3. The van der Waals surface area contributed by atoms with Gasteiger partial charge in [-0.25, -0.2) is 0 Å². The fourth-order valence-corrected chi connectivity index (χ4v) is 1.71. The normalized spacial score (nSPS) is 23.6. The highest BCUT2D eigenvalue weighted by molar-refractivity contribution is 5.07. The Morgan fingerprint density at radius 1 is 1.62 bits per heavy atom. The van der Waals surface area contributed by atoms with Crippen LogP contribution in [0.2, 0.25) is 0 Å². The summed E-state index contributed by atoms with van der Waals surface area (Å²) in [6.07, 6.45) is 8.59. The molecule has 2 unspecified atom stereocenters. The molecule has 0 amide bonds. The van der Waals surface area contributed by atoms with Crippen LogP contribution in [0.15, 0.2) is 35.0 Å². The highest BCUT2D eigenvalue weighted by atomic mass is 16.3. The topological polar surface area (TPSA) is 25.2 Å². The largest absolute Gasteiger partial charge is 0.468 e. The van der Waals surface area contributed by atoms with Crippen molar-refractivity contribution in [2.45, 2.75) is 31.8 Å². The highest BCUT2D eigenvalue weighted by Gasteiger charge is 2.14. The van der Waals surface area contributed by atoms with Crippen LogP contribution in [0.5, 0.6) is 0 Å². The molecular formula is C11H15NO. The van der Waals surface area contributed by atoms with Crippen molar-refractivity contribution in [2.75, 3.05) is 0 Å². The number of hydrogen-bond donors (Lipinski definition) is 1. The quantitative estimate of drug-likeness (QED) is 0.718. The predicted octanol–water partition coefficient (Wildman–Crippen LogP) is 2.65. The van der Waals surface area contributed by atoms with Crippen molar-refractivity contribution >= 4 is 0 Å². The van der Waals surface area contributed by atoms with Gasteiger partial charge in [0, 0.05) is 6.04 Å². The van der Waals surface area contributed by atoms with Crippen LogP contribution in [0.3, 0.4) is 0 Å². The van der Waals surface area contributed by atoms with Crippen LogP contribution in [0.4, 0.5) is 0 Å². The highest BCUT2D eigenvalue weighted by Crippen LogP contribution is 2.17. The summed E-state index contributed by atoms with van der Waals surface area (Å²) in [5.41, 5.74) is 0. The minimum atomic E-state index is 0.308. The second-order valence-corrected chi connectivity index (χ2v) is 3.52. The zero-order valence-electron chi connectivity index (χ0n) is 7.86. The fourth-order valence-electron chi connectivity index (χ4n) is 1.71. The van der Waals surface area contributed by atoms with Gasteiger partial charge in [-0.3, -0.25) is 0 Å². The van der Waals surface area contributed by atoms with Crippen molar-refractivity contribution in [3.05, 3.63) is 36.3 Å². The average molecular weight is 177 g/mol. The second-order valence-electron chi connectivity index (χ2n) is 3.52. The molecule has 0 aliphatic heterocycles. The van der Waals surface area contributed by atoms with Gasteiger partial charge in [-0.1, -0.05) is 12.2 Å². The first-order valence-electron chi connectivity index (χ1n) is 4.82. The first-order valence-corrected chi connectivity index (χ1v) is 4.82. The molecule has 2 heteroatoms. The van der Waals surface area contributed by atoms with Crippen LogP contribution in [0, 0.1) is 0 Å². The lowest BCUT2D eigenvalue weighted by Gasteiger charge is -2.15. The third-order valence-electron chi connectivity index (χ3n) is 2.45. The van der Waals surface area contributed by atoms with E-state index in [-0.39, 0.29) is 0 Å². The molecule has 1 aromatic rings. The summed E-state index contributed by atoms with van der Waals surface area (Å²) in [5.74, 6) is 1.01. The van der Waals surface area contributed by atoms with E-state index in [0.29, 0.717) is 12.1 Å². The molecule has 1 aliphatic carbocycles. The molecule has 0 spiro atoms. The van der Waals surface area contributed by atoms with E-state index in [1.807, 2.05) is 12.1 Å². The van der Waals surface area contributed by atoms with Crippen LogP contribution in [0.25, 0.3) is 0 Å². The summed E-state index contributed by atoms with van der Waals surface area (Å²) >= 11 is 0. The summed E-state index contributed by atoms with van der Waals surface area (Å²) < 4.78 is 5.32. The Kier molecular flexibility index (Phi) is 2.50. The first-order chi connectivity index (χ1) is 6.36. The maximum absolute atomic E-state index is 5.32. The Labute approximate surface area is 78.6 Å². The van der Waals surface area contributed by atoms with Gasteiger partial charge in [-0.05, 0) is 31.9 Å². The SMILES string of the molecule is CC(NC1C=CCC1)c1ccco1. The van der Waals surface area contributed by atoms with Gasteiger partial charge < -0.3 is 9.73 Å². The van der Waals surface area contributed by atoms with Crippen molar-refractivity contribution in [1.82, 2.24) is 5.32 Å². The predicted molar refractivity (Wildman–Crippen MR) is 52.4 cm³/mol. The summed E-state index contributed by atoms with van der Waals surface area (Å²) in [6, 6.07) is 4.77. The second kappa shape index (κ2) is 3.79. The lowest BCUT2D eigenvalue weighted by Crippen LogP contribution is -2.27.